The van der Waals surface area contributed by atoms with Crippen molar-refractivity contribution in [3.63, 3.8) is 0 Å². The maximum absolute atomic E-state index is 13.2. The molecule has 0 saturated heterocycles. The summed E-state index contributed by atoms with van der Waals surface area (Å²) in [7, 11) is -0.408. The van der Waals surface area contributed by atoms with Gasteiger partial charge in [0.2, 0.25) is 9.84 Å². The summed E-state index contributed by atoms with van der Waals surface area (Å²) in [5.74, 6) is 0.246. The summed E-state index contributed by atoms with van der Waals surface area (Å²) in [4.78, 5) is 4.56. The van der Waals surface area contributed by atoms with Crippen molar-refractivity contribution in [2.24, 2.45) is 0 Å². The number of fused-ring (bicyclic) bond motifs is 1. The normalized spacial score (nSPS) is 11.8. The van der Waals surface area contributed by atoms with Crippen molar-refractivity contribution in [1.29, 1.82) is 0 Å². The number of nitrogens with zero attached hydrogens (tertiary/aromatic N) is 3. The van der Waals surface area contributed by atoms with Crippen molar-refractivity contribution >= 4 is 32.9 Å². The van der Waals surface area contributed by atoms with Crippen LogP contribution in [0.25, 0.3) is 5.65 Å². The molecule has 0 saturated carbocycles. The fourth-order valence-electron chi connectivity index (χ4n) is 2.66. The first-order valence-electron chi connectivity index (χ1n) is 7.60. The van der Waals surface area contributed by atoms with Crippen LogP contribution in [-0.4, -0.2) is 37.1 Å². The Morgan fingerprint density at radius 2 is 2.00 bits per heavy atom. The molecule has 0 atom stereocenters. The quantitative estimate of drug-likeness (QED) is 0.707. The lowest BCUT2D eigenvalue weighted by atomic mass is 10.3. The molecule has 25 heavy (non-hydrogen) atoms. The first-order valence-corrected chi connectivity index (χ1v) is 9.47. The van der Waals surface area contributed by atoms with Crippen LogP contribution < -0.4 is 10.6 Å². The highest BCUT2D eigenvalue weighted by atomic mass is 35.5. The average Bonchev–Trinajstić information content (AvgIpc) is 2.94. The predicted octanol–water partition coefficient (Wildman–Crippen LogP) is 2.29. The van der Waals surface area contributed by atoms with Crippen molar-refractivity contribution in [1.82, 2.24) is 19.9 Å². The number of hydrogen-bond acceptors (Lipinski definition) is 6. The van der Waals surface area contributed by atoms with E-state index in [1.54, 1.807) is 23.7 Å². The molecule has 0 radical (unpaired) electrons. The molecule has 132 valence electrons. The fraction of sp³-hybridized carbons (Fsp3) is 0.250. The third-order valence-electron chi connectivity index (χ3n) is 3.72. The minimum Gasteiger partial charge on any atom is -0.370 e. The summed E-state index contributed by atoms with van der Waals surface area (Å²) >= 11 is 5.97. The molecule has 2 heterocycles. The van der Waals surface area contributed by atoms with Gasteiger partial charge in [-0.05, 0) is 38.2 Å². The van der Waals surface area contributed by atoms with Gasteiger partial charge in [-0.1, -0.05) is 17.7 Å². The zero-order valence-corrected chi connectivity index (χ0v) is 15.6. The lowest BCUT2D eigenvalue weighted by Gasteiger charge is -2.07. The summed E-state index contributed by atoms with van der Waals surface area (Å²) in [5.41, 5.74) is 1.81. The van der Waals surface area contributed by atoms with Crippen LogP contribution in [0.1, 0.15) is 11.4 Å². The highest BCUT2D eigenvalue weighted by molar-refractivity contribution is 7.91. The third kappa shape index (κ3) is 3.08. The number of halogens is 1. The van der Waals surface area contributed by atoms with Crippen LogP contribution in [0.15, 0.2) is 40.1 Å². The number of nitrogens with one attached hydrogen (secondary N) is 2. The minimum atomic E-state index is -3.85. The number of sulfone groups is 1. The van der Waals surface area contributed by atoms with Crippen molar-refractivity contribution < 1.29 is 8.42 Å². The SMILES string of the molecule is CNCc1cc(C)nc2c(S(=O)(=O)c3cccc(Cl)c3)c(NC)nn12. The standard InChI is InChI=1S/C16H18ClN5O2S/c1-10-7-12(9-18-2)22-16(20-10)14(15(19-3)21-22)25(23,24)13-6-4-5-11(17)8-13/h4-8,18H,9H2,1-3H3,(H,19,21). The van der Waals surface area contributed by atoms with Crippen molar-refractivity contribution in [3.05, 3.63) is 46.7 Å². The second kappa shape index (κ2) is 6.62. The molecular weight excluding hydrogens is 362 g/mol. The molecule has 0 spiro atoms. The van der Waals surface area contributed by atoms with E-state index in [1.165, 1.54) is 12.1 Å². The molecule has 9 heteroatoms. The van der Waals surface area contributed by atoms with Gasteiger partial charge in [0.05, 0.1) is 10.6 Å². The third-order valence-corrected chi connectivity index (χ3v) is 5.74. The highest BCUT2D eigenvalue weighted by Crippen LogP contribution is 2.32. The van der Waals surface area contributed by atoms with Gasteiger partial charge in [0, 0.05) is 24.3 Å². The number of hydrogen-bond donors (Lipinski definition) is 2. The van der Waals surface area contributed by atoms with E-state index in [0.29, 0.717) is 17.3 Å². The Morgan fingerprint density at radius 3 is 2.64 bits per heavy atom. The molecule has 3 aromatic rings. The van der Waals surface area contributed by atoms with Gasteiger partial charge >= 0.3 is 0 Å². The second-order valence-corrected chi connectivity index (χ2v) is 7.87. The molecule has 0 bridgehead atoms. The van der Waals surface area contributed by atoms with E-state index in [2.05, 4.69) is 20.7 Å². The monoisotopic (exact) mass is 379 g/mol. The summed E-state index contributed by atoms with van der Waals surface area (Å²) in [6.07, 6.45) is 0. The number of aryl methyl sites for hydroxylation is 1. The Kier molecular flexibility index (Phi) is 4.68. The van der Waals surface area contributed by atoms with Gasteiger partial charge in [0.25, 0.3) is 0 Å². The molecule has 0 amide bonds. The molecule has 0 unspecified atom stereocenters. The number of anilines is 1. The molecule has 2 N–H and O–H groups in total. The summed E-state index contributed by atoms with van der Waals surface area (Å²) < 4.78 is 28.0. The maximum Gasteiger partial charge on any atom is 0.214 e. The number of aromatic nitrogens is 3. The lowest BCUT2D eigenvalue weighted by Crippen LogP contribution is -2.12. The van der Waals surface area contributed by atoms with E-state index in [9.17, 15) is 8.42 Å². The molecule has 7 nitrogen and oxygen atoms in total. The first-order chi connectivity index (χ1) is 11.9. The Morgan fingerprint density at radius 1 is 1.24 bits per heavy atom. The Hall–Kier alpha value is -2.16. The Balaban J connectivity index is 2.35. The topological polar surface area (TPSA) is 88.4 Å². The van der Waals surface area contributed by atoms with E-state index in [-0.39, 0.29) is 21.3 Å². The van der Waals surface area contributed by atoms with E-state index in [0.717, 1.165) is 5.69 Å². The number of benzene rings is 1. The molecule has 1 aromatic carbocycles. The molecule has 0 aliphatic rings. The van der Waals surface area contributed by atoms with E-state index in [4.69, 9.17) is 11.6 Å². The van der Waals surface area contributed by atoms with Crippen LogP contribution in [0.5, 0.6) is 0 Å². The van der Waals surface area contributed by atoms with Crippen LogP contribution in [-0.2, 0) is 16.4 Å². The van der Waals surface area contributed by atoms with Crippen LogP contribution in [0.2, 0.25) is 5.02 Å². The van der Waals surface area contributed by atoms with Gasteiger partial charge in [-0.3, -0.25) is 0 Å². The zero-order valence-electron chi connectivity index (χ0n) is 14.0. The van der Waals surface area contributed by atoms with Gasteiger partial charge < -0.3 is 10.6 Å². The molecule has 2 aromatic heterocycles. The van der Waals surface area contributed by atoms with Crippen LogP contribution >= 0.6 is 11.6 Å². The molecule has 0 fully saturated rings. The largest absolute Gasteiger partial charge is 0.370 e. The molecule has 0 aliphatic carbocycles. The van der Waals surface area contributed by atoms with E-state index < -0.39 is 9.84 Å². The molecule has 3 rings (SSSR count). The maximum atomic E-state index is 13.2. The Labute approximate surface area is 151 Å². The van der Waals surface area contributed by atoms with Crippen LogP contribution in [0.4, 0.5) is 5.82 Å². The van der Waals surface area contributed by atoms with Crippen molar-refractivity contribution in [2.75, 3.05) is 19.4 Å². The summed E-state index contributed by atoms with van der Waals surface area (Å²) in [6, 6.07) is 8.03. The van der Waals surface area contributed by atoms with Gasteiger partial charge in [-0.15, -0.1) is 5.10 Å². The van der Waals surface area contributed by atoms with Crippen molar-refractivity contribution in [3.8, 4) is 0 Å². The number of rotatable bonds is 5. The minimum absolute atomic E-state index is 0.0401. The molecule has 0 aliphatic heterocycles. The summed E-state index contributed by atoms with van der Waals surface area (Å²) in [6.45, 7) is 2.35. The predicted molar refractivity (Wildman–Crippen MR) is 96.9 cm³/mol. The summed E-state index contributed by atoms with van der Waals surface area (Å²) in [5, 5.41) is 10.7. The second-order valence-electron chi connectivity index (χ2n) is 5.54. The average molecular weight is 380 g/mol. The zero-order chi connectivity index (χ0) is 18.2. The van der Waals surface area contributed by atoms with Crippen LogP contribution in [0, 0.1) is 6.92 Å². The van der Waals surface area contributed by atoms with Crippen molar-refractivity contribution in [2.45, 2.75) is 23.3 Å². The van der Waals surface area contributed by atoms with Gasteiger partial charge in [0.1, 0.15) is 0 Å². The van der Waals surface area contributed by atoms with E-state index in [1.807, 2.05) is 20.0 Å². The van der Waals surface area contributed by atoms with Gasteiger partial charge in [0.15, 0.2) is 16.4 Å². The smallest absolute Gasteiger partial charge is 0.214 e. The fourth-order valence-corrected chi connectivity index (χ4v) is 4.47. The van der Waals surface area contributed by atoms with Crippen LogP contribution in [0.3, 0.4) is 0 Å². The first kappa shape index (κ1) is 17.7. The van der Waals surface area contributed by atoms with E-state index >= 15 is 0 Å². The van der Waals surface area contributed by atoms with Gasteiger partial charge in [-0.2, -0.15) is 0 Å². The molecular formula is C16H18ClN5O2S. The highest BCUT2D eigenvalue weighted by Gasteiger charge is 2.29. The Bertz CT molecular complexity index is 1050. The lowest BCUT2D eigenvalue weighted by molar-refractivity contribution is 0.597. The van der Waals surface area contributed by atoms with Gasteiger partial charge in [-0.25, -0.2) is 17.9 Å².